The quantitative estimate of drug-likeness (QED) is 0.406. The molecule has 0 unspecified atom stereocenters. The van der Waals surface area contributed by atoms with E-state index in [9.17, 15) is 9.59 Å². The number of hydrogen-bond acceptors (Lipinski definition) is 6. The van der Waals surface area contributed by atoms with Gasteiger partial charge in [-0.3, -0.25) is 20.4 Å². The number of hydrogen-bond donors (Lipinski definition) is 2. The van der Waals surface area contributed by atoms with E-state index in [0.29, 0.717) is 23.6 Å². The van der Waals surface area contributed by atoms with Crippen LogP contribution < -0.4 is 10.9 Å². The highest BCUT2D eigenvalue weighted by Gasteiger charge is 2.13. The first-order chi connectivity index (χ1) is 16.2. The zero-order valence-electron chi connectivity index (χ0n) is 17.3. The lowest BCUT2D eigenvalue weighted by molar-refractivity contribution is 0.0844. The number of nitrogens with one attached hydrogen (secondary N) is 2. The minimum absolute atomic E-state index is 0.201. The predicted molar refractivity (Wildman–Crippen MR) is 119 cm³/mol. The van der Waals surface area contributed by atoms with Crippen molar-refractivity contribution in [2.75, 3.05) is 0 Å². The van der Waals surface area contributed by atoms with Crippen LogP contribution in [0.3, 0.4) is 0 Å². The van der Waals surface area contributed by atoms with Crippen molar-refractivity contribution in [3.63, 3.8) is 0 Å². The van der Waals surface area contributed by atoms with Gasteiger partial charge in [0.1, 0.15) is 11.3 Å². The second-order valence-corrected chi connectivity index (χ2v) is 7.21. The average Bonchev–Trinajstić information content (AvgIpc) is 3.50. The van der Waals surface area contributed by atoms with Gasteiger partial charge in [-0.05, 0) is 35.0 Å². The topological polar surface area (TPSA) is 119 Å². The van der Waals surface area contributed by atoms with Crippen LogP contribution in [0.25, 0.3) is 17.0 Å². The highest BCUT2D eigenvalue weighted by Crippen LogP contribution is 2.13. The summed E-state index contributed by atoms with van der Waals surface area (Å²) < 4.78 is 1.72. The first kappa shape index (κ1) is 20.1. The Morgan fingerprint density at radius 3 is 2.39 bits per heavy atom. The summed E-state index contributed by atoms with van der Waals surface area (Å²) in [5.41, 5.74) is 7.82. The summed E-state index contributed by atoms with van der Waals surface area (Å²) in [5, 5.41) is 12.5. The number of imidazole rings is 1. The van der Waals surface area contributed by atoms with Crippen LogP contribution >= 0.6 is 0 Å². The van der Waals surface area contributed by atoms with Crippen molar-refractivity contribution in [1.82, 2.24) is 40.4 Å². The molecule has 0 saturated carbocycles. The molecule has 3 aromatic heterocycles. The molecule has 5 rings (SSSR count). The number of benzene rings is 2. The van der Waals surface area contributed by atoms with Crippen molar-refractivity contribution >= 4 is 17.5 Å². The number of amides is 2. The SMILES string of the molecule is O=C(NNC(=O)c1cn2ccccc2n1)c1ccc(Cn2nnc(-c3ccccc3)n2)cc1. The zero-order chi connectivity index (χ0) is 22.6. The lowest BCUT2D eigenvalue weighted by Gasteiger charge is -2.07. The van der Waals surface area contributed by atoms with Crippen molar-refractivity contribution in [2.24, 2.45) is 0 Å². The Bertz CT molecular complexity index is 1390. The van der Waals surface area contributed by atoms with E-state index in [2.05, 4.69) is 31.2 Å². The molecule has 0 spiro atoms. The van der Waals surface area contributed by atoms with Gasteiger partial charge in [-0.2, -0.15) is 4.80 Å². The predicted octanol–water partition coefficient (Wildman–Crippen LogP) is 2.11. The second kappa shape index (κ2) is 8.71. The highest BCUT2D eigenvalue weighted by atomic mass is 16.2. The fourth-order valence-electron chi connectivity index (χ4n) is 3.23. The van der Waals surface area contributed by atoms with E-state index < -0.39 is 11.8 Å². The molecule has 0 bridgehead atoms. The Morgan fingerprint density at radius 1 is 0.848 bits per heavy atom. The fraction of sp³-hybridized carbons (Fsp3) is 0.0435. The van der Waals surface area contributed by atoms with Crippen LogP contribution in [-0.2, 0) is 6.54 Å². The molecule has 10 heteroatoms. The lowest BCUT2D eigenvalue weighted by Crippen LogP contribution is -2.41. The number of carbonyl (C=O) groups excluding carboxylic acids is 2. The molecular formula is C23H18N8O2. The van der Waals surface area contributed by atoms with E-state index >= 15 is 0 Å². The standard InChI is InChI=1S/C23H18N8O2/c32-22(26-27-23(33)19-15-30-13-5-4-8-20(30)24-19)18-11-9-16(10-12-18)14-31-28-21(25-29-31)17-6-2-1-3-7-17/h1-13,15H,14H2,(H,26,32)(H,27,33). The van der Waals surface area contributed by atoms with Crippen molar-refractivity contribution in [1.29, 1.82) is 0 Å². The van der Waals surface area contributed by atoms with Crippen molar-refractivity contribution < 1.29 is 9.59 Å². The molecule has 0 aliphatic heterocycles. The van der Waals surface area contributed by atoms with Crippen LogP contribution in [0.4, 0.5) is 0 Å². The van der Waals surface area contributed by atoms with Crippen LogP contribution in [0, 0.1) is 0 Å². The van der Waals surface area contributed by atoms with Crippen LogP contribution in [0.1, 0.15) is 26.4 Å². The number of nitrogens with zero attached hydrogens (tertiary/aromatic N) is 6. The van der Waals surface area contributed by atoms with Crippen molar-refractivity contribution in [2.45, 2.75) is 6.54 Å². The molecule has 2 amide bonds. The molecular weight excluding hydrogens is 420 g/mol. The summed E-state index contributed by atoms with van der Waals surface area (Å²) in [6.07, 6.45) is 3.38. The number of carbonyl (C=O) groups is 2. The molecule has 0 aliphatic carbocycles. The van der Waals surface area contributed by atoms with Gasteiger partial charge in [0, 0.05) is 23.5 Å². The second-order valence-electron chi connectivity index (χ2n) is 7.21. The third-order valence-electron chi connectivity index (χ3n) is 4.91. The van der Waals surface area contributed by atoms with Gasteiger partial charge in [0.2, 0.25) is 5.82 Å². The van der Waals surface area contributed by atoms with E-state index in [1.807, 2.05) is 42.5 Å². The fourth-order valence-corrected chi connectivity index (χ4v) is 3.23. The van der Waals surface area contributed by atoms with Gasteiger partial charge < -0.3 is 4.40 Å². The van der Waals surface area contributed by atoms with E-state index in [4.69, 9.17) is 0 Å². The highest BCUT2D eigenvalue weighted by molar-refractivity contribution is 5.98. The molecule has 0 saturated heterocycles. The molecule has 0 fully saturated rings. The molecule has 2 aromatic carbocycles. The molecule has 0 aliphatic rings. The van der Waals surface area contributed by atoms with Crippen LogP contribution in [0.5, 0.6) is 0 Å². The van der Waals surface area contributed by atoms with Gasteiger partial charge >= 0.3 is 0 Å². The first-order valence-electron chi connectivity index (χ1n) is 10.1. The minimum Gasteiger partial charge on any atom is -0.306 e. The number of tetrazole rings is 1. The normalized spacial score (nSPS) is 10.8. The number of rotatable bonds is 5. The summed E-state index contributed by atoms with van der Waals surface area (Å²) in [6, 6.07) is 22.0. The van der Waals surface area contributed by atoms with Gasteiger partial charge in [0.05, 0.1) is 6.54 Å². The smallest absolute Gasteiger partial charge is 0.289 e. The Balaban J connectivity index is 1.18. The van der Waals surface area contributed by atoms with Crippen LogP contribution in [0.2, 0.25) is 0 Å². The molecule has 10 nitrogen and oxygen atoms in total. The summed E-state index contributed by atoms with van der Waals surface area (Å²) in [6.45, 7) is 0.409. The van der Waals surface area contributed by atoms with Gasteiger partial charge in [0.25, 0.3) is 11.8 Å². The monoisotopic (exact) mass is 438 g/mol. The maximum absolute atomic E-state index is 12.4. The van der Waals surface area contributed by atoms with Gasteiger partial charge in [-0.25, -0.2) is 4.98 Å². The number of fused-ring (bicyclic) bond motifs is 1. The summed E-state index contributed by atoms with van der Waals surface area (Å²) in [7, 11) is 0. The number of aromatic nitrogens is 6. The lowest BCUT2D eigenvalue weighted by atomic mass is 10.1. The van der Waals surface area contributed by atoms with Gasteiger partial charge in [0.15, 0.2) is 0 Å². The molecule has 162 valence electrons. The summed E-state index contributed by atoms with van der Waals surface area (Å²) in [4.78, 5) is 30.4. The number of pyridine rings is 1. The summed E-state index contributed by atoms with van der Waals surface area (Å²) in [5.74, 6) is -0.396. The van der Waals surface area contributed by atoms with Crippen LogP contribution in [-0.4, -0.2) is 41.4 Å². The largest absolute Gasteiger partial charge is 0.306 e. The maximum Gasteiger partial charge on any atom is 0.289 e. The van der Waals surface area contributed by atoms with E-state index in [1.165, 1.54) is 4.80 Å². The summed E-state index contributed by atoms with van der Waals surface area (Å²) >= 11 is 0. The Morgan fingerprint density at radius 2 is 1.61 bits per heavy atom. The molecule has 3 heterocycles. The van der Waals surface area contributed by atoms with Gasteiger partial charge in [-0.15, -0.1) is 10.2 Å². The molecule has 5 aromatic rings. The Labute approximate surface area is 187 Å². The minimum atomic E-state index is -0.504. The van der Waals surface area contributed by atoms with Crippen LogP contribution in [0.15, 0.2) is 85.2 Å². The third-order valence-corrected chi connectivity index (χ3v) is 4.91. The Hall–Kier alpha value is -4.86. The maximum atomic E-state index is 12.4. The molecule has 2 N–H and O–H groups in total. The molecule has 0 radical (unpaired) electrons. The Kier molecular flexibility index (Phi) is 5.30. The third kappa shape index (κ3) is 4.44. The van der Waals surface area contributed by atoms with Crippen molar-refractivity contribution in [3.8, 4) is 11.4 Å². The number of hydrazine groups is 1. The molecule has 33 heavy (non-hydrogen) atoms. The first-order valence-corrected chi connectivity index (χ1v) is 10.1. The van der Waals surface area contributed by atoms with Crippen molar-refractivity contribution in [3.05, 3.63) is 102 Å². The van der Waals surface area contributed by atoms with E-state index in [0.717, 1.165) is 11.1 Å². The van der Waals surface area contributed by atoms with Gasteiger partial charge in [-0.1, -0.05) is 48.5 Å². The average molecular weight is 438 g/mol. The molecule has 0 atom stereocenters. The van der Waals surface area contributed by atoms with E-state index in [1.54, 1.807) is 47.1 Å². The van der Waals surface area contributed by atoms with E-state index in [-0.39, 0.29) is 5.69 Å². The zero-order valence-corrected chi connectivity index (χ0v) is 17.3.